The number of pyridine rings is 1. The number of benzene rings is 1. The lowest BCUT2D eigenvalue weighted by atomic mass is 10.0. The van der Waals surface area contributed by atoms with Crippen LogP contribution in [0.1, 0.15) is 24.4 Å². The van der Waals surface area contributed by atoms with E-state index in [0.717, 1.165) is 53.5 Å². The van der Waals surface area contributed by atoms with Gasteiger partial charge in [-0.25, -0.2) is 9.97 Å². The third-order valence-corrected chi connectivity index (χ3v) is 5.57. The third-order valence-electron chi connectivity index (χ3n) is 5.57. The van der Waals surface area contributed by atoms with Gasteiger partial charge in [-0.3, -0.25) is 14.0 Å². The van der Waals surface area contributed by atoms with Gasteiger partial charge >= 0.3 is 0 Å². The fourth-order valence-electron chi connectivity index (χ4n) is 4.11. The maximum Gasteiger partial charge on any atom is 0.280 e. The van der Waals surface area contributed by atoms with Gasteiger partial charge in [-0.15, -0.1) is 0 Å². The average molecular weight is 374 g/mol. The van der Waals surface area contributed by atoms with Crippen molar-refractivity contribution in [3.8, 4) is 11.1 Å². The van der Waals surface area contributed by atoms with Gasteiger partial charge in [0, 0.05) is 36.4 Å². The second kappa shape index (κ2) is 6.53. The van der Waals surface area contributed by atoms with Crippen molar-refractivity contribution in [3.63, 3.8) is 0 Å². The monoisotopic (exact) mass is 374 g/mol. The fourth-order valence-corrected chi connectivity index (χ4v) is 4.11. The Balaban J connectivity index is 1.59. The molecule has 0 atom stereocenters. The molecule has 0 saturated carbocycles. The van der Waals surface area contributed by atoms with Gasteiger partial charge in [0.1, 0.15) is 0 Å². The third kappa shape index (κ3) is 2.79. The number of aryl methyl sites for hydroxylation is 2. The lowest BCUT2D eigenvalue weighted by Crippen LogP contribution is -2.34. The van der Waals surface area contributed by atoms with Gasteiger partial charge in [-0.2, -0.15) is 5.10 Å². The van der Waals surface area contributed by atoms with Gasteiger partial charge in [-0.05, 0) is 62.2 Å². The molecule has 0 unspecified atom stereocenters. The first-order valence-electron chi connectivity index (χ1n) is 9.62. The van der Waals surface area contributed by atoms with Crippen molar-refractivity contribution < 1.29 is 0 Å². The van der Waals surface area contributed by atoms with Gasteiger partial charge in [0.05, 0.1) is 17.4 Å². The molecular weight excluding hydrogens is 352 g/mol. The summed E-state index contributed by atoms with van der Waals surface area (Å²) in [6.07, 6.45) is 7.35. The first-order valence-corrected chi connectivity index (χ1v) is 9.62. The average Bonchev–Trinajstić information content (AvgIpc) is 3.09. The second-order valence-corrected chi connectivity index (χ2v) is 7.56. The Morgan fingerprint density at radius 3 is 2.71 bits per heavy atom. The summed E-state index contributed by atoms with van der Waals surface area (Å²) in [6.45, 7) is 3.92. The number of fused-ring (bicyclic) bond motifs is 2. The molecule has 28 heavy (non-hydrogen) atoms. The van der Waals surface area contributed by atoms with Gasteiger partial charge in [-0.1, -0.05) is 0 Å². The molecule has 1 saturated heterocycles. The number of hydrogen-bond acceptors (Lipinski definition) is 5. The fraction of sp³-hybridized carbons (Fsp3) is 0.333. The number of hydrogen-bond donors (Lipinski definition) is 1. The van der Waals surface area contributed by atoms with Crippen LogP contribution in [0.4, 0.5) is 0 Å². The van der Waals surface area contributed by atoms with E-state index >= 15 is 0 Å². The molecule has 0 aliphatic carbocycles. The van der Waals surface area contributed by atoms with Crippen molar-refractivity contribution >= 4 is 21.9 Å². The van der Waals surface area contributed by atoms with E-state index in [1.807, 2.05) is 24.0 Å². The highest BCUT2D eigenvalue weighted by Crippen LogP contribution is 2.27. The van der Waals surface area contributed by atoms with Crippen molar-refractivity contribution in [2.24, 2.45) is 7.05 Å². The Bertz CT molecular complexity index is 1250. The quantitative estimate of drug-likeness (QED) is 0.583. The van der Waals surface area contributed by atoms with Crippen molar-refractivity contribution in [1.29, 1.82) is 0 Å². The van der Waals surface area contributed by atoms with Gasteiger partial charge in [0.25, 0.3) is 5.56 Å². The predicted octanol–water partition coefficient (Wildman–Crippen LogP) is 2.58. The molecule has 4 heterocycles. The van der Waals surface area contributed by atoms with Crippen LogP contribution in [0.3, 0.4) is 0 Å². The van der Waals surface area contributed by atoms with Crippen molar-refractivity contribution in [3.05, 3.63) is 52.8 Å². The lowest BCUT2D eigenvalue weighted by Gasteiger charge is -2.24. The first kappa shape index (κ1) is 17.1. The highest BCUT2D eigenvalue weighted by Gasteiger charge is 2.18. The van der Waals surface area contributed by atoms with Gasteiger partial charge in [0.2, 0.25) is 0 Å². The Hall–Kier alpha value is -3.06. The molecule has 7 heteroatoms. The van der Waals surface area contributed by atoms with Crippen LogP contribution in [0.25, 0.3) is 33.1 Å². The Morgan fingerprint density at radius 1 is 1.07 bits per heavy atom. The first-order chi connectivity index (χ1) is 13.6. The van der Waals surface area contributed by atoms with Crippen molar-refractivity contribution in [2.75, 3.05) is 13.1 Å². The SMILES string of the molecule is Cc1cc(-c2cnc3c(=O)n(C4CCNCC4)cnc3c2)cc2cn(C)nc12. The Morgan fingerprint density at radius 2 is 1.89 bits per heavy atom. The van der Waals surface area contributed by atoms with Crippen LogP contribution in [-0.2, 0) is 7.05 Å². The molecule has 3 aromatic heterocycles. The molecular formula is C21H22N6O. The highest BCUT2D eigenvalue weighted by molar-refractivity contribution is 5.88. The summed E-state index contributed by atoms with van der Waals surface area (Å²) in [5.41, 5.74) is 5.14. The number of rotatable bonds is 2. The summed E-state index contributed by atoms with van der Waals surface area (Å²) >= 11 is 0. The summed E-state index contributed by atoms with van der Waals surface area (Å²) in [5, 5.41) is 8.92. The summed E-state index contributed by atoms with van der Waals surface area (Å²) < 4.78 is 3.58. The van der Waals surface area contributed by atoms with E-state index in [0.29, 0.717) is 11.0 Å². The van der Waals surface area contributed by atoms with Crippen LogP contribution in [0, 0.1) is 6.92 Å². The maximum absolute atomic E-state index is 12.9. The van der Waals surface area contributed by atoms with E-state index in [-0.39, 0.29) is 11.6 Å². The molecule has 1 aliphatic heterocycles. The zero-order valence-electron chi connectivity index (χ0n) is 16.0. The largest absolute Gasteiger partial charge is 0.317 e. The molecule has 0 amide bonds. The molecule has 0 bridgehead atoms. The lowest BCUT2D eigenvalue weighted by molar-refractivity contribution is 0.359. The molecule has 1 N–H and O–H groups in total. The van der Waals surface area contributed by atoms with Crippen LogP contribution in [0.2, 0.25) is 0 Å². The van der Waals surface area contributed by atoms with Crippen LogP contribution in [-0.4, -0.2) is 37.4 Å². The molecule has 1 aliphatic rings. The van der Waals surface area contributed by atoms with Crippen molar-refractivity contribution in [2.45, 2.75) is 25.8 Å². The molecule has 0 radical (unpaired) electrons. The zero-order valence-corrected chi connectivity index (χ0v) is 16.0. The smallest absolute Gasteiger partial charge is 0.280 e. The van der Waals surface area contributed by atoms with E-state index < -0.39 is 0 Å². The van der Waals surface area contributed by atoms with Gasteiger partial charge in [0.15, 0.2) is 5.52 Å². The molecule has 4 aromatic rings. The summed E-state index contributed by atoms with van der Waals surface area (Å²) in [7, 11) is 1.92. The van der Waals surface area contributed by atoms with E-state index in [2.05, 4.69) is 39.4 Å². The Kier molecular flexibility index (Phi) is 3.98. The topological polar surface area (TPSA) is 77.6 Å². The molecule has 1 fully saturated rings. The molecule has 0 spiro atoms. The van der Waals surface area contributed by atoms with Crippen LogP contribution in [0.15, 0.2) is 41.7 Å². The van der Waals surface area contributed by atoms with E-state index in [9.17, 15) is 4.79 Å². The zero-order chi connectivity index (χ0) is 19.3. The minimum Gasteiger partial charge on any atom is -0.317 e. The predicted molar refractivity (Wildman–Crippen MR) is 109 cm³/mol. The second-order valence-electron chi connectivity index (χ2n) is 7.56. The molecule has 7 nitrogen and oxygen atoms in total. The van der Waals surface area contributed by atoms with E-state index in [1.165, 1.54) is 0 Å². The van der Waals surface area contributed by atoms with Crippen LogP contribution < -0.4 is 10.9 Å². The molecule has 5 rings (SSSR count). The minimum absolute atomic E-state index is 0.0534. The summed E-state index contributed by atoms with van der Waals surface area (Å²) in [4.78, 5) is 22.0. The summed E-state index contributed by atoms with van der Waals surface area (Å²) in [6, 6.07) is 6.36. The van der Waals surface area contributed by atoms with E-state index in [1.54, 1.807) is 17.1 Å². The standard InChI is InChI=1S/C21H22N6O/c1-13-7-14(8-16-11-26(2)25-19(13)16)15-9-18-20(23-10-15)21(28)27(12-24-18)17-3-5-22-6-4-17/h7-12,17,22H,3-6H2,1-2H3. The van der Waals surface area contributed by atoms with Crippen molar-refractivity contribution in [1.82, 2.24) is 29.6 Å². The summed E-state index contributed by atoms with van der Waals surface area (Å²) in [5.74, 6) is 0. The number of nitrogens with zero attached hydrogens (tertiary/aromatic N) is 5. The normalized spacial score (nSPS) is 15.5. The minimum atomic E-state index is -0.0534. The van der Waals surface area contributed by atoms with Crippen LogP contribution >= 0.6 is 0 Å². The molecule has 142 valence electrons. The molecule has 1 aromatic carbocycles. The number of nitrogens with one attached hydrogen (secondary N) is 1. The van der Waals surface area contributed by atoms with Gasteiger partial charge < -0.3 is 5.32 Å². The number of aromatic nitrogens is 5. The Labute approximate surface area is 162 Å². The highest BCUT2D eigenvalue weighted by atomic mass is 16.1. The van der Waals surface area contributed by atoms with E-state index in [4.69, 9.17) is 0 Å². The number of piperidine rings is 1. The maximum atomic E-state index is 12.9. The van der Waals surface area contributed by atoms with Crippen LogP contribution in [0.5, 0.6) is 0 Å².